The molecule has 1 atom stereocenters. The maximum atomic E-state index is 11.3. The number of benzene rings is 1. The van der Waals surface area contributed by atoms with Crippen molar-refractivity contribution < 1.29 is 14.6 Å². The van der Waals surface area contributed by atoms with Gasteiger partial charge in [0.05, 0.1) is 0 Å². The number of aliphatic hydroxyl groups excluding tert-OH is 1. The Morgan fingerprint density at radius 3 is 2.36 bits per heavy atom. The third-order valence-electron chi connectivity index (χ3n) is 4.52. The van der Waals surface area contributed by atoms with Gasteiger partial charge in [-0.3, -0.25) is 9.69 Å². The van der Waals surface area contributed by atoms with E-state index in [9.17, 15) is 9.90 Å². The van der Waals surface area contributed by atoms with Crippen LogP contribution in [0.25, 0.3) is 0 Å². The number of β-amino-alcohol motifs (C(OH)–C–C–N with tert-alkyl or cyclic N) is 1. The zero-order valence-corrected chi connectivity index (χ0v) is 17.5. The number of carbonyl (C=O) groups excluding carboxylic acids is 1. The number of ketones is 1. The van der Waals surface area contributed by atoms with Gasteiger partial charge in [-0.05, 0) is 43.3 Å². The molecule has 3 rings (SSSR count). The molecule has 1 aromatic heterocycles. The fourth-order valence-electron chi connectivity index (χ4n) is 3.03. The molecule has 0 radical (unpaired) electrons. The van der Waals surface area contributed by atoms with Crippen molar-refractivity contribution in [3.8, 4) is 5.75 Å². The molecular formula is C20H27Cl2N3O3. The van der Waals surface area contributed by atoms with Gasteiger partial charge in [-0.2, -0.15) is 0 Å². The minimum atomic E-state index is -0.552. The predicted octanol–water partition coefficient (Wildman–Crippen LogP) is 2.69. The minimum Gasteiger partial charge on any atom is -0.491 e. The molecule has 2 aromatic rings. The average Bonchev–Trinajstić information content (AvgIpc) is 2.68. The summed E-state index contributed by atoms with van der Waals surface area (Å²) in [6.45, 7) is 5.94. The highest BCUT2D eigenvalue weighted by Crippen LogP contribution is 2.14. The summed E-state index contributed by atoms with van der Waals surface area (Å²) in [5, 5.41) is 10.2. The second-order valence-electron chi connectivity index (χ2n) is 6.52. The maximum absolute atomic E-state index is 11.3. The lowest BCUT2D eigenvalue weighted by Gasteiger charge is -2.36. The fourth-order valence-corrected chi connectivity index (χ4v) is 3.03. The van der Waals surface area contributed by atoms with Crippen LogP contribution in [0.4, 0.5) is 5.82 Å². The number of nitrogens with zero attached hydrogens (tertiary/aromatic N) is 3. The highest BCUT2D eigenvalue weighted by atomic mass is 35.5. The smallest absolute Gasteiger partial charge is 0.159 e. The number of pyridine rings is 1. The lowest BCUT2D eigenvalue weighted by Crippen LogP contribution is -2.49. The lowest BCUT2D eigenvalue weighted by molar-refractivity contribution is 0.0662. The summed E-state index contributed by atoms with van der Waals surface area (Å²) in [6.07, 6.45) is 1.26. The van der Waals surface area contributed by atoms with Crippen LogP contribution in [0, 0.1) is 0 Å². The summed E-state index contributed by atoms with van der Waals surface area (Å²) in [7, 11) is 0. The zero-order chi connectivity index (χ0) is 18.4. The van der Waals surface area contributed by atoms with Crippen LogP contribution in [-0.4, -0.2) is 66.2 Å². The quantitative estimate of drug-likeness (QED) is 0.685. The Hall–Kier alpha value is -1.86. The van der Waals surface area contributed by atoms with Gasteiger partial charge in [0, 0.05) is 44.5 Å². The molecule has 1 saturated heterocycles. The van der Waals surface area contributed by atoms with Gasteiger partial charge < -0.3 is 14.7 Å². The van der Waals surface area contributed by atoms with E-state index in [-0.39, 0.29) is 37.2 Å². The average molecular weight is 428 g/mol. The topological polar surface area (TPSA) is 65.9 Å². The van der Waals surface area contributed by atoms with E-state index in [0.717, 1.165) is 32.0 Å². The molecule has 2 heterocycles. The molecule has 0 spiro atoms. The van der Waals surface area contributed by atoms with E-state index in [1.807, 2.05) is 24.4 Å². The van der Waals surface area contributed by atoms with Gasteiger partial charge in [0.15, 0.2) is 5.78 Å². The number of aromatic nitrogens is 1. The number of carbonyl (C=O) groups is 1. The number of anilines is 1. The highest BCUT2D eigenvalue weighted by molar-refractivity contribution is 5.94. The van der Waals surface area contributed by atoms with Crippen LogP contribution in [-0.2, 0) is 0 Å². The van der Waals surface area contributed by atoms with Crippen molar-refractivity contribution in [1.82, 2.24) is 9.88 Å². The first kappa shape index (κ1) is 24.2. The molecule has 1 unspecified atom stereocenters. The Morgan fingerprint density at radius 2 is 1.79 bits per heavy atom. The second-order valence-corrected chi connectivity index (χ2v) is 6.52. The van der Waals surface area contributed by atoms with Crippen LogP contribution >= 0.6 is 24.8 Å². The summed E-state index contributed by atoms with van der Waals surface area (Å²) in [4.78, 5) is 20.2. The van der Waals surface area contributed by atoms with Gasteiger partial charge in [0.25, 0.3) is 0 Å². The van der Waals surface area contributed by atoms with Crippen LogP contribution in [0.3, 0.4) is 0 Å². The molecule has 0 aliphatic carbocycles. The number of hydrogen-bond donors (Lipinski definition) is 1. The van der Waals surface area contributed by atoms with E-state index in [1.54, 1.807) is 24.3 Å². The van der Waals surface area contributed by atoms with Crippen molar-refractivity contribution >= 4 is 36.4 Å². The molecule has 1 aromatic carbocycles. The van der Waals surface area contributed by atoms with Crippen LogP contribution in [0.15, 0.2) is 48.7 Å². The third-order valence-corrected chi connectivity index (χ3v) is 4.52. The van der Waals surface area contributed by atoms with Crippen molar-refractivity contribution in [2.45, 2.75) is 13.0 Å². The Kier molecular flexibility index (Phi) is 10.2. The molecule has 0 amide bonds. The monoisotopic (exact) mass is 427 g/mol. The molecule has 0 saturated carbocycles. The highest BCUT2D eigenvalue weighted by Gasteiger charge is 2.20. The van der Waals surface area contributed by atoms with Crippen LogP contribution in [0.5, 0.6) is 5.75 Å². The summed E-state index contributed by atoms with van der Waals surface area (Å²) in [5.74, 6) is 1.69. The summed E-state index contributed by atoms with van der Waals surface area (Å²) in [5.41, 5.74) is 0.656. The first-order valence-corrected chi connectivity index (χ1v) is 8.92. The largest absolute Gasteiger partial charge is 0.491 e. The molecule has 28 heavy (non-hydrogen) atoms. The van der Waals surface area contributed by atoms with Crippen molar-refractivity contribution in [2.24, 2.45) is 0 Å². The van der Waals surface area contributed by atoms with E-state index < -0.39 is 6.10 Å². The first-order chi connectivity index (χ1) is 12.6. The number of halogens is 2. The lowest BCUT2D eigenvalue weighted by atomic mass is 10.1. The summed E-state index contributed by atoms with van der Waals surface area (Å²) >= 11 is 0. The van der Waals surface area contributed by atoms with Crippen molar-refractivity contribution in [2.75, 3.05) is 44.2 Å². The summed E-state index contributed by atoms with van der Waals surface area (Å²) < 4.78 is 5.63. The Labute approximate surface area is 178 Å². The van der Waals surface area contributed by atoms with Gasteiger partial charge in [0.2, 0.25) is 0 Å². The number of aliphatic hydroxyl groups is 1. The molecule has 1 N–H and O–H groups in total. The number of Topliss-reactive ketones (excluding diaryl/α,β-unsaturated/α-hetero) is 1. The van der Waals surface area contributed by atoms with Crippen LogP contribution in [0.1, 0.15) is 17.3 Å². The van der Waals surface area contributed by atoms with Crippen molar-refractivity contribution in [1.29, 1.82) is 0 Å². The molecule has 1 fully saturated rings. The van der Waals surface area contributed by atoms with E-state index in [2.05, 4.69) is 14.8 Å². The second kappa shape index (κ2) is 11.9. The molecule has 154 valence electrons. The van der Waals surface area contributed by atoms with Gasteiger partial charge in [-0.25, -0.2) is 4.98 Å². The van der Waals surface area contributed by atoms with Gasteiger partial charge in [0.1, 0.15) is 24.3 Å². The number of ether oxygens (including phenoxy) is 1. The standard InChI is InChI=1S/C20H25N3O3.2ClH/c1-16(24)17-5-7-19(8-6-17)26-15-18(25)14-22-10-12-23(13-11-22)20-4-2-3-9-21-20;;/h2-9,18,25H,10-15H2,1H3;2*1H. The van der Waals surface area contributed by atoms with Crippen molar-refractivity contribution in [3.63, 3.8) is 0 Å². The fraction of sp³-hybridized carbons (Fsp3) is 0.400. The van der Waals surface area contributed by atoms with E-state index in [0.29, 0.717) is 17.9 Å². The molecule has 6 nitrogen and oxygen atoms in total. The van der Waals surface area contributed by atoms with Gasteiger partial charge in [-0.1, -0.05) is 6.07 Å². The number of rotatable bonds is 7. The Morgan fingerprint density at radius 1 is 1.11 bits per heavy atom. The van der Waals surface area contributed by atoms with Gasteiger partial charge >= 0.3 is 0 Å². The van der Waals surface area contributed by atoms with Gasteiger partial charge in [-0.15, -0.1) is 24.8 Å². The molecule has 8 heteroatoms. The third kappa shape index (κ3) is 6.95. The van der Waals surface area contributed by atoms with E-state index in [4.69, 9.17) is 4.74 Å². The van der Waals surface area contributed by atoms with E-state index >= 15 is 0 Å². The van der Waals surface area contributed by atoms with Crippen LogP contribution in [0.2, 0.25) is 0 Å². The summed E-state index contributed by atoms with van der Waals surface area (Å²) in [6, 6.07) is 12.9. The zero-order valence-electron chi connectivity index (χ0n) is 15.9. The normalized spacial score (nSPS) is 15.1. The molecule has 0 bridgehead atoms. The van der Waals surface area contributed by atoms with Crippen molar-refractivity contribution in [3.05, 3.63) is 54.2 Å². The SMILES string of the molecule is CC(=O)c1ccc(OCC(O)CN2CCN(c3ccccn3)CC2)cc1.Cl.Cl. The predicted molar refractivity (Wildman–Crippen MR) is 115 cm³/mol. The van der Waals surface area contributed by atoms with E-state index in [1.165, 1.54) is 6.92 Å². The molecule has 1 aliphatic heterocycles. The number of piperazine rings is 1. The Balaban J connectivity index is 0.00000196. The maximum Gasteiger partial charge on any atom is 0.159 e. The first-order valence-electron chi connectivity index (χ1n) is 8.92. The molecular weight excluding hydrogens is 401 g/mol. The number of hydrogen-bond acceptors (Lipinski definition) is 6. The minimum absolute atomic E-state index is 0. The Bertz CT molecular complexity index is 708. The molecule has 1 aliphatic rings. The van der Waals surface area contributed by atoms with Crippen LogP contribution < -0.4 is 9.64 Å².